The molecule has 6 rings (SSSR count). The molecule has 0 aliphatic carbocycles. The third-order valence-corrected chi connectivity index (χ3v) is 5.86. The first-order valence-corrected chi connectivity index (χ1v) is 10.1. The topological polar surface area (TPSA) is 122 Å². The molecule has 0 spiro atoms. The Morgan fingerprint density at radius 1 is 0.968 bits per heavy atom. The van der Waals surface area contributed by atoms with Crippen LogP contribution in [0.1, 0.15) is 0 Å². The summed E-state index contributed by atoms with van der Waals surface area (Å²) in [7, 11) is 0. The van der Waals surface area contributed by atoms with Crippen LogP contribution in [-0.4, -0.2) is 35.1 Å². The highest BCUT2D eigenvalue weighted by molar-refractivity contribution is 7.14. The van der Waals surface area contributed by atoms with Crippen molar-refractivity contribution in [2.24, 2.45) is 0 Å². The van der Waals surface area contributed by atoms with E-state index in [9.17, 15) is 4.39 Å². The number of fused-ring (bicyclic) bond motifs is 2. The predicted molar refractivity (Wildman–Crippen MR) is 118 cm³/mol. The Labute approximate surface area is 178 Å². The Hall–Kier alpha value is -4.18. The van der Waals surface area contributed by atoms with Crippen molar-refractivity contribution in [1.29, 1.82) is 0 Å². The molecule has 6 heterocycles. The minimum atomic E-state index is -0.247. The fraction of sp³-hybridized carbons (Fsp3) is 0. The lowest BCUT2D eigenvalue weighted by molar-refractivity contribution is 0.657. The van der Waals surface area contributed by atoms with E-state index in [1.54, 1.807) is 30.9 Å². The molecule has 0 atom stereocenters. The van der Waals surface area contributed by atoms with Crippen LogP contribution < -0.4 is 5.73 Å². The van der Waals surface area contributed by atoms with E-state index < -0.39 is 0 Å². The lowest BCUT2D eigenvalue weighted by Crippen LogP contribution is -1.89. The summed E-state index contributed by atoms with van der Waals surface area (Å²) < 4.78 is 13.6. The van der Waals surface area contributed by atoms with Gasteiger partial charge in [-0.2, -0.15) is 9.49 Å². The highest BCUT2D eigenvalue weighted by Crippen LogP contribution is 2.34. The highest BCUT2D eigenvalue weighted by atomic mass is 32.1. The molecule has 0 amide bonds. The normalized spacial score (nSPS) is 11.5. The van der Waals surface area contributed by atoms with Crippen LogP contribution in [0, 0.1) is 5.13 Å². The number of nitrogens with zero attached hydrogens (tertiary/aromatic N) is 5. The van der Waals surface area contributed by atoms with Gasteiger partial charge in [-0.25, -0.2) is 15.0 Å². The van der Waals surface area contributed by atoms with Gasteiger partial charge in [0.15, 0.2) is 22.2 Å². The molecule has 4 N–H and O–H groups in total. The first kappa shape index (κ1) is 17.7. The van der Waals surface area contributed by atoms with Crippen molar-refractivity contribution in [3.05, 3.63) is 60.3 Å². The minimum Gasteiger partial charge on any atom is -0.397 e. The number of aromatic nitrogens is 7. The zero-order valence-electron chi connectivity index (χ0n) is 15.8. The summed E-state index contributed by atoms with van der Waals surface area (Å²) >= 11 is 1.07. The average Bonchev–Trinajstić information content (AvgIpc) is 3.50. The van der Waals surface area contributed by atoms with E-state index in [2.05, 4.69) is 30.1 Å². The first-order chi connectivity index (χ1) is 15.2. The van der Waals surface area contributed by atoms with Gasteiger partial charge in [0.1, 0.15) is 11.2 Å². The van der Waals surface area contributed by atoms with Gasteiger partial charge in [-0.3, -0.25) is 10.1 Å². The molecule has 6 aromatic rings. The number of hydrogen-bond acceptors (Lipinski definition) is 7. The van der Waals surface area contributed by atoms with Gasteiger partial charge in [0.2, 0.25) is 0 Å². The zero-order chi connectivity index (χ0) is 20.9. The maximum Gasteiger partial charge on any atom is 0.176 e. The van der Waals surface area contributed by atoms with Gasteiger partial charge in [0.25, 0.3) is 0 Å². The number of hydrogen-bond donors (Lipinski definition) is 3. The van der Waals surface area contributed by atoms with Crippen molar-refractivity contribution in [3.8, 4) is 33.1 Å². The van der Waals surface area contributed by atoms with Crippen molar-refractivity contribution >= 4 is 39.2 Å². The Morgan fingerprint density at radius 3 is 2.71 bits per heavy atom. The molecule has 0 bridgehead atoms. The van der Waals surface area contributed by atoms with Gasteiger partial charge in [-0.1, -0.05) is 0 Å². The number of nitrogens with two attached hydrogens (primary N) is 1. The molecule has 150 valence electrons. The molecule has 0 saturated heterocycles. The summed E-state index contributed by atoms with van der Waals surface area (Å²) in [6.07, 6.45) is 6.74. The summed E-state index contributed by atoms with van der Waals surface area (Å²) in [5, 5.41) is 7.90. The first-order valence-electron chi connectivity index (χ1n) is 9.31. The number of imidazole rings is 1. The summed E-state index contributed by atoms with van der Waals surface area (Å²) in [5.74, 6) is 0.544. The average molecular weight is 428 g/mol. The fourth-order valence-electron chi connectivity index (χ4n) is 3.54. The fourth-order valence-corrected chi connectivity index (χ4v) is 4.29. The summed E-state index contributed by atoms with van der Waals surface area (Å²) in [6, 6.07) is 8.82. The lowest BCUT2D eigenvalue weighted by atomic mass is 10.1. The monoisotopic (exact) mass is 428 g/mol. The van der Waals surface area contributed by atoms with E-state index in [1.165, 1.54) is 6.07 Å². The van der Waals surface area contributed by atoms with Crippen LogP contribution in [0.4, 0.5) is 10.1 Å². The van der Waals surface area contributed by atoms with E-state index in [0.717, 1.165) is 38.3 Å². The number of halogens is 1. The van der Waals surface area contributed by atoms with E-state index in [4.69, 9.17) is 10.7 Å². The molecule has 0 aliphatic rings. The maximum atomic E-state index is 13.6. The second kappa shape index (κ2) is 6.67. The van der Waals surface area contributed by atoms with Gasteiger partial charge in [-0.05, 0) is 30.3 Å². The molecule has 0 radical (unpaired) electrons. The summed E-state index contributed by atoms with van der Waals surface area (Å²) in [6.45, 7) is 0. The standard InChI is InChI=1S/C21H13FN8S/c22-16-2-1-15(31-16)13-3-4-25-20-17(13)27-21(28-20)18-14-6-11(8-26-19(14)30-29-18)10-5-12(23)9-24-7-10/h1-9H,23H2,(H,25,27,28)(H,26,29,30). The van der Waals surface area contributed by atoms with Gasteiger partial charge < -0.3 is 10.7 Å². The summed E-state index contributed by atoms with van der Waals surface area (Å²) in [4.78, 5) is 21.7. The molecule has 8 nitrogen and oxygen atoms in total. The number of nitrogen functional groups attached to an aromatic ring is 1. The second-order valence-corrected chi connectivity index (χ2v) is 7.98. The number of rotatable bonds is 3. The molecule has 0 unspecified atom stereocenters. The molecular weight excluding hydrogens is 415 g/mol. The summed E-state index contributed by atoms with van der Waals surface area (Å²) in [5.41, 5.74) is 11.5. The minimum absolute atomic E-state index is 0.247. The molecule has 0 aromatic carbocycles. The molecule has 0 aliphatic heterocycles. The van der Waals surface area contributed by atoms with Crippen molar-refractivity contribution < 1.29 is 4.39 Å². The van der Waals surface area contributed by atoms with Crippen LogP contribution in [-0.2, 0) is 0 Å². The predicted octanol–water partition coefficient (Wildman–Crippen LogP) is 4.41. The third-order valence-electron chi connectivity index (χ3n) is 4.96. The van der Waals surface area contributed by atoms with E-state index in [0.29, 0.717) is 34.0 Å². The van der Waals surface area contributed by atoms with Crippen LogP contribution >= 0.6 is 11.3 Å². The number of nitrogens with one attached hydrogen (secondary N) is 2. The molecular formula is C21H13FN8S. The van der Waals surface area contributed by atoms with E-state index in [1.807, 2.05) is 18.2 Å². The van der Waals surface area contributed by atoms with Crippen molar-refractivity contribution in [1.82, 2.24) is 35.1 Å². The number of anilines is 1. The smallest absolute Gasteiger partial charge is 0.176 e. The van der Waals surface area contributed by atoms with Crippen molar-refractivity contribution in [2.75, 3.05) is 5.73 Å². The number of H-pyrrole nitrogens is 2. The van der Waals surface area contributed by atoms with Crippen LogP contribution in [0.2, 0.25) is 0 Å². The Kier molecular flexibility index (Phi) is 3.80. The molecule has 31 heavy (non-hydrogen) atoms. The van der Waals surface area contributed by atoms with Gasteiger partial charge in [0, 0.05) is 46.4 Å². The van der Waals surface area contributed by atoms with Crippen LogP contribution in [0.5, 0.6) is 0 Å². The second-order valence-electron chi connectivity index (χ2n) is 6.94. The SMILES string of the molecule is Nc1cncc(-c2cnc3[nH]nc(-c4nc5c(-c6ccc(F)s6)ccnc5[nH]4)c3c2)c1. The van der Waals surface area contributed by atoms with Crippen molar-refractivity contribution in [2.45, 2.75) is 0 Å². The quantitative estimate of drug-likeness (QED) is 0.384. The Morgan fingerprint density at radius 2 is 1.87 bits per heavy atom. The van der Waals surface area contributed by atoms with Crippen LogP contribution in [0.3, 0.4) is 0 Å². The highest BCUT2D eigenvalue weighted by Gasteiger charge is 2.17. The van der Waals surface area contributed by atoms with Gasteiger partial charge in [0.05, 0.1) is 11.1 Å². The van der Waals surface area contributed by atoms with Gasteiger partial charge >= 0.3 is 0 Å². The molecule has 0 saturated carbocycles. The van der Waals surface area contributed by atoms with Crippen LogP contribution in [0.15, 0.2) is 55.1 Å². The number of pyridine rings is 3. The number of aromatic amines is 2. The van der Waals surface area contributed by atoms with Gasteiger partial charge in [-0.15, -0.1) is 11.3 Å². The Bertz CT molecular complexity index is 1580. The van der Waals surface area contributed by atoms with Crippen LogP contribution in [0.25, 0.3) is 55.3 Å². The maximum absolute atomic E-state index is 13.6. The largest absolute Gasteiger partial charge is 0.397 e. The molecule has 0 fully saturated rings. The lowest BCUT2D eigenvalue weighted by Gasteiger charge is -2.02. The van der Waals surface area contributed by atoms with Crippen molar-refractivity contribution in [3.63, 3.8) is 0 Å². The van der Waals surface area contributed by atoms with E-state index in [-0.39, 0.29) is 5.13 Å². The van der Waals surface area contributed by atoms with E-state index >= 15 is 0 Å². The molecule has 6 aromatic heterocycles. The molecule has 10 heteroatoms. The number of thiophene rings is 1. The zero-order valence-corrected chi connectivity index (χ0v) is 16.6. The Balaban J connectivity index is 1.51. The third kappa shape index (κ3) is 2.92.